The van der Waals surface area contributed by atoms with Crippen LogP contribution in [0.2, 0.25) is 0 Å². The van der Waals surface area contributed by atoms with Crippen LogP contribution in [-0.2, 0) is 6.54 Å². The minimum atomic E-state index is 0.544. The molecular formula is C12H13N5O. The highest BCUT2D eigenvalue weighted by Crippen LogP contribution is 2.17. The highest BCUT2D eigenvalue weighted by Gasteiger charge is 1.96. The zero-order valence-electron chi connectivity index (χ0n) is 10.0. The molecule has 92 valence electrons. The number of hydrogen-bond donors (Lipinski definition) is 0. The van der Waals surface area contributed by atoms with Crippen molar-refractivity contribution in [2.45, 2.75) is 13.5 Å². The van der Waals surface area contributed by atoms with Crippen molar-refractivity contribution in [2.75, 3.05) is 6.61 Å². The number of aryl methyl sites for hydroxylation is 1. The summed E-state index contributed by atoms with van der Waals surface area (Å²) in [6, 6.07) is 8.94. The van der Waals surface area contributed by atoms with Crippen LogP contribution in [0.5, 0.6) is 5.75 Å². The molecule has 0 saturated carbocycles. The lowest BCUT2D eigenvalue weighted by molar-refractivity contribution is 0.291. The molecule has 1 heterocycles. The molecule has 6 heteroatoms. The first-order valence-corrected chi connectivity index (χ1v) is 5.56. The van der Waals surface area contributed by atoms with Crippen molar-refractivity contribution in [2.24, 2.45) is 5.11 Å². The van der Waals surface area contributed by atoms with Crippen LogP contribution in [0, 0.1) is 6.92 Å². The van der Waals surface area contributed by atoms with E-state index in [1.165, 1.54) is 0 Å². The number of ether oxygens (including phenoxy) is 1. The molecule has 0 spiro atoms. The van der Waals surface area contributed by atoms with E-state index in [9.17, 15) is 0 Å². The summed E-state index contributed by atoms with van der Waals surface area (Å²) in [4.78, 5) is 2.71. The third kappa shape index (κ3) is 3.26. The Morgan fingerprint density at radius 2 is 2.11 bits per heavy atom. The van der Waals surface area contributed by atoms with Crippen LogP contribution in [0.1, 0.15) is 5.69 Å². The van der Waals surface area contributed by atoms with Crippen LogP contribution in [0.4, 0.5) is 5.69 Å². The van der Waals surface area contributed by atoms with Crippen molar-refractivity contribution in [3.8, 4) is 5.75 Å². The van der Waals surface area contributed by atoms with E-state index in [1.54, 1.807) is 24.3 Å². The largest absolute Gasteiger partial charge is 0.492 e. The predicted molar refractivity (Wildman–Crippen MR) is 67.7 cm³/mol. The molecule has 0 radical (unpaired) electrons. The molecule has 0 aliphatic carbocycles. The Balaban J connectivity index is 1.84. The van der Waals surface area contributed by atoms with Crippen molar-refractivity contribution in [1.29, 1.82) is 0 Å². The second-order valence-corrected chi connectivity index (χ2v) is 3.75. The lowest BCUT2D eigenvalue weighted by Crippen LogP contribution is -2.08. The van der Waals surface area contributed by atoms with Crippen molar-refractivity contribution in [1.82, 2.24) is 9.78 Å². The van der Waals surface area contributed by atoms with Gasteiger partial charge in [0, 0.05) is 16.8 Å². The van der Waals surface area contributed by atoms with Gasteiger partial charge in [-0.25, -0.2) is 0 Å². The van der Waals surface area contributed by atoms with Gasteiger partial charge in [-0.2, -0.15) is 5.10 Å². The lowest BCUT2D eigenvalue weighted by atomic mass is 10.3. The topological polar surface area (TPSA) is 75.8 Å². The molecule has 0 aliphatic heterocycles. The zero-order valence-corrected chi connectivity index (χ0v) is 10.0. The minimum Gasteiger partial charge on any atom is -0.492 e. The maximum absolute atomic E-state index is 8.28. The summed E-state index contributed by atoms with van der Waals surface area (Å²) in [5, 5.41) is 7.75. The first-order chi connectivity index (χ1) is 8.78. The Bertz CT molecular complexity index is 554. The molecule has 0 bridgehead atoms. The second-order valence-electron chi connectivity index (χ2n) is 3.75. The summed E-state index contributed by atoms with van der Waals surface area (Å²) >= 11 is 0. The summed E-state index contributed by atoms with van der Waals surface area (Å²) in [7, 11) is 0. The molecule has 0 fully saturated rings. The van der Waals surface area contributed by atoms with Crippen molar-refractivity contribution in [3.63, 3.8) is 0 Å². The molecule has 0 amide bonds. The number of azide groups is 1. The van der Waals surface area contributed by atoms with E-state index in [-0.39, 0.29) is 0 Å². The fourth-order valence-electron chi connectivity index (χ4n) is 1.51. The van der Waals surface area contributed by atoms with Gasteiger partial charge >= 0.3 is 0 Å². The first-order valence-electron chi connectivity index (χ1n) is 5.56. The Morgan fingerprint density at radius 1 is 1.33 bits per heavy atom. The van der Waals surface area contributed by atoms with Crippen LogP contribution in [-0.4, -0.2) is 16.4 Å². The number of aromatic nitrogens is 2. The maximum Gasteiger partial charge on any atom is 0.119 e. The van der Waals surface area contributed by atoms with Gasteiger partial charge in [0.15, 0.2) is 0 Å². The van der Waals surface area contributed by atoms with Gasteiger partial charge in [0.1, 0.15) is 12.4 Å². The van der Waals surface area contributed by atoms with Gasteiger partial charge in [-0.1, -0.05) is 5.11 Å². The summed E-state index contributed by atoms with van der Waals surface area (Å²) < 4.78 is 7.39. The molecule has 0 saturated heterocycles. The van der Waals surface area contributed by atoms with Gasteiger partial charge < -0.3 is 4.74 Å². The third-order valence-electron chi connectivity index (χ3n) is 2.36. The summed E-state index contributed by atoms with van der Waals surface area (Å²) in [5.41, 5.74) is 9.85. The summed E-state index contributed by atoms with van der Waals surface area (Å²) in [5.74, 6) is 0.746. The van der Waals surface area contributed by atoms with Gasteiger partial charge in [-0.05, 0) is 42.8 Å². The van der Waals surface area contributed by atoms with Crippen LogP contribution < -0.4 is 4.74 Å². The van der Waals surface area contributed by atoms with Gasteiger partial charge in [-0.3, -0.25) is 4.68 Å². The zero-order chi connectivity index (χ0) is 12.8. The molecule has 1 aromatic carbocycles. The summed E-state index contributed by atoms with van der Waals surface area (Å²) in [6.45, 7) is 3.19. The Labute approximate surface area is 104 Å². The number of nitrogens with zero attached hydrogens (tertiary/aromatic N) is 5. The maximum atomic E-state index is 8.28. The van der Waals surface area contributed by atoms with Crippen LogP contribution in [0.3, 0.4) is 0 Å². The minimum absolute atomic E-state index is 0.544. The monoisotopic (exact) mass is 243 g/mol. The van der Waals surface area contributed by atoms with Crippen molar-refractivity contribution in [3.05, 3.63) is 52.7 Å². The average Bonchev–Trinajstić information content (AvgIpc) is 2.78. The van der Waals surface area contributed by atoms with Crippen LogP contribution >= 0.6 is 0 Å². The van der Waals surface area contributed by atoms with Crippen molar-refractivity contribution < 1.29 is 4.74 Å². The van der Waals surface area contributed by atoms with Gasteiger partial charge in [-0.15, -0.1) is 0 Å². The smallest absolute Gasteiger partial charge is 0.119 e. The molecule has 2 aromatic rings. The van der Waals surface area contributed by atoms with E-state index in [0.717, 1.165) is 11.4 Å². The van der Waals surface area contributed by atoms with Gasteiger partial charge in [0.05, 0.1) is 12.2 Å². The van der Waals surface area contributed by atoms with Gasteiger partial charge in [0.2, 0.25) is 0 Å². The third-order valence-corrected chi connectivity index (χ3v) is 2.36. The molecule has 0 atom stereocenters. The Kier molecular flexibility index (Phi) is 3.83. The fraction of sp³-hybridized carbons (Fsp3) is 0.250. The fourth-order valence-corrected chi connectivity index (χ4v) is 1.51. The van der Waals surface area contributed by atoms with Crippen molar-refractivity contribution >= 4 is 5.69 Å². The Hall–Kier alpha value is -2.46. The highest BCUT2D eigenvalue weighted by molar-refractivity contribution is 5.40. The van der Waals surface area contributed by atoms with Crippen LogP contribution in [0.15, 0.2) is 41.6 Å². The quantitative estimate of drug-likeness (QED) is 0.459. The van der Waals surface area contributed by atoms with E-state index in [0.29, 0.717) is 18.8 Å². The molecule has 2 rings (SSSR count). The van der Waals surface area contributed by atoms with Gasteiger partial charge in [0.25, 0.3) is 0 Å². The first kappa shape index (κ1) is 12.0. The van der Waals surface area contributed by atoms with E-state index >= 15 is 0 Å². The molecule has 0 N–H and O–H groups in total. The van der Waals surface area contributed by atoms with E-state index in [1.807, 2.05) is 23.9 Å². The molecular weight excluding hydrogens is 230 g/mol. The Morgan fingerprint density at radius 3 is 2.72 bits per heavy atom. The highest BCUT2D eigenvalue weighted by atomic mass is 16.5. The molecule has 6 nitrogen and oxygen atoms in total. The van der Waals surface area contributed by atoms with Crippen LogP contribution in [0.25, 0.3) is 10.4 Å². The van der Waals surface area contributed by atoms with E-state index in [2.05, 4.69) is 15.1 Å². The number of benzene rings is 1. The molecule has 18 heavy (non-hydrogen) atoms. The normalized spacial score (nSPS) is 9.83. The second kappa shape index (κ2) is 5.75. The number of hydrogen-bond acceptors (Lipinski definition) is 3. The lowest BCUT2D eigenvalue weighted by Gasteiger charge is -2.06. The molecule has 0 aliphatic rings. The standard InChI is InChI=1S/C12H13N5O/c1-10-6-7-17(15-10)8-9-18-12-4-2-11(3-5-12)14-16-13/h2-7H,8-9H2,1H3. The van der Waals surface area contributed by atoms with E-state index < -0.39 is 0 Å². The summed E-state index contributed by atoms with van der Waals surface area (Å²) in [6.07, 6.45) is 1.92. The SMILES string of the molecule is Cc1ccn(CCOc2ccc(N=[N+]=[N-])cc2)n1. The van der Waals surface area contributed by atoms with E-state index in [4.69, 9.17) is 10.3 Å². The number of rotatable bonds is 5. The predicted octanol–water partition coefficient (Wildman–Crippen LogP) is 3.21. The molecule has 0 unspecified atom stereocenters. The average molecular weight is 243 g/mol. The molecule has 1 aromatic heterocycles.